The minimum Gasteiger partial charge on any atom is -0.212 e. The first-order valence-electron chi connectivity index (χ1n) is 8.82. The van der Waals surface area contributed by atoms with Crippen molar-refractivity contribution in [3.05, 3.63) is 71.8 Å². The van der Waals surface area contributed by atoms with E-state index in [9.17, 15) is 8.42 Å². The van der Waals surface area contributed by atoms with Crippen molar-refractivity contribution in [2.45, 2.75) is 38.7 Å². The maximum absolute atomic E-state index is 13.0. The number of rotatable bonds is 9. The van der Waals surface area contributed by atoms with Crippen LogP contribution in [0.15, 0.2) is 60.7 Å². The molecule has 136 valence electrons. The molecule has 0 unspecified atom stereocenters. The summed E-state index contributed by atoms with van der Waals surface area (Å²) in [5, 5.41) is 0. The third-order valence-corrected chi connectivity index (χ3v) is 8.13. The van der Waals surface area contributed by atoms with E-state index in [2.05, 4.69) is 31.8 Å². The van der Waals surface area contributed by atoms with Crippen LogP contribution in [-0.4, -0.2) is 33.1 Å². The minimum atomic E-state index is -3.26. The summed E-state index contributed by atoms with van der Waals surface area (Å²) in [6.45, 7) is 7.62. The molecule has 0 amide bonds. The zero-order valence-electron chi connectivity index (χ0n) is 15.5. The molecule has 25 heavy (non-hydrogen) atoms. The van der Waals surface area contributed by atoms with E-state index in [1.807, 2.05) is 48.5 Å². The molecule has 2 aromatic carbocycles. The normalized spacial score (nSPS) is 12.5. The molecule has 0 saturated heterocycles. The molecule has 3 nitrogen and oxygen atoms in total. The van der Waals surface area contributed by atoms with E-state index in [0.29, 0.717) is 13.1 Å². The minimum absolute atomic E-state index is 0.254. The zero-order chi connectivity index (χ0) is 18.3. The Morgan fingerprint density at radius 2 is 1.36 bits per heavy atom. The van der Waals surface area contributed by atoms with Crippen LogP contribution in [0.4, 0.5) is 0 Å². The lowest BCUT2D eigenvalue weighted by atomic mass is 10.1. The van der Waals surface area contributed by atoms with Crippen LogP contribution in [0, 0.1) is 0 Å². The number of benzene rings is 2. The molecule has 0 aliphatic heterocycles. The van der Waals surface area contributed by atoms with E-state index < -0.39 is 18.1 Å². The first-order chi connectivity index (χ1) is 11.8. The molecule has 0 spiro atoms. The monoisotopic (exact) mass is 375 g/mol. The summed E-state index contributed by atoms with van der Waals surface area (Å²) in [6.07, 6.45) is 0.736. The van der Waals surface area contributed by atoms with Crippen molar-refractivity contribution in [1.82, 2.24) is 4.31 Å². The quantitative estimate of drug-likeness (QED) is 0.609. The van der Waals surface area contributed by atoms with Crippen LogP contribution in [0.1, 0.15) is 11.1 Å². The van der Waals surface area contributed by atoms with Gasteiger partial charge in [0.2, 0.25) is 10.0 Å². The molecule has 0 aromatic heterocycles. The van der Waals surface area contributed by atoms with Crippen LogP contribution >= 0.6 is 0 Å². The second-order valence-electron chi connectivity index (χ2n) is 7.68. The molecule has 2 aromatic rings. The van der Waals surface area contributed by atoms with Gasteiger partial charge in [0.15, 0.2) is 0 Å². The van der Waals surface area contributed by atoms with Crippen LogP contribution in [0.5, 0.6) is 0 Å². The standard InChI is InChI=1S/C20H29NO2SSi/c1-25(2,3)17-16-24(22,23)21(18-20-12-8-5-9-13-20)15-14-19-10-6-4-7-11-19/h4-13H,14-18H2,1-3H3. The fourth-order valence-corrected chi connectivity index (χ4v) is 7.02. The van der Waals surface area contributed by atoms with E-state index in [4.69, 9.17) is 0 Å². The van der Waals surface area contributed by atoms with Crippen LogP contribution in [0.25, 0.3) is 0 Å². The second-order valence-corrected chi connectivity index (χ2v) is 15.4. The zero-order valence-corrected chi connectivity index (χ0v) is 17.3. The van der Waals surface area contributed by atoms with Crippen molar-refractivity contribution < 1.29 is 8.42 Å². The molecule has 0 radical (unpaired) electrons. The summed E-state index contributed by atoms with van der Waals surface area (Å²) in [7, 11) is -4.65. The molecule has 2 rings (SSSR count). The average molecular weight is 376 g/mol. The average Bonchev–Trinajstić information content (AvgIpc) is 2.58. The smallest absolute Gasteiger partial charge is 0.212 e. The Kier molecular flexibility index (Phi) is 6.99. The summed E-state index contributed by atoms with van der Waals surface area (Å²) in [6, 6.07) is 20.7. The fourth-order valence-electron chi connectivity index (χ4n) is 2.57. The second kappa shape index (κ2) is 8.78. The van der Waals surface area contributed by atoms with Gasteiger partial charge in [-0.3, -0.25) is 0 Å². The Balaban J connectivity index is 2.12. The van der Waals surface area contributed by atoms with Crippen molar-refractivity contribution in [2.24, 2.45) is 0 Å². The predicted octanol–water partition coefficient (Wildman–Crippen LogP) is 4.40. The van der Waals surface area contributed by atoms with Crippen LogP contribution in [0.3, 0.4) is 0 Å². The van der Waals surface area contributed by atoms with Gasteiger partial charge in [-0.25, -0.2) is 8.42 Å². The van der Waals surface area contributed by atoms with Crippen molar-refractivity contribution >= 4 is 18.1 Å². The largest absolute Gasteiger partial charge is 0.214 e. The molecule has 0 aliphatic rings. The summed E-state index contributed by atoms with van der Waals surface area (Å²) >= 11 is 0. The fraction of sp³-hybridized carbons (Fsp3) is 0.400. The van der Waals surface area contributed by atoms with Gasteiger partial charge in [0.1, 0.15) is 0 Å². The van der Waals surface area contributed by atoms with Crippen molar-refractivity contribution in [1.29, 1.82) is 0 Å². The van der Waals surface area contributed by atoms with Crippen molar-refractivity contribution in [3.8, 4) is 0 Å². The van der Waals surface area contributed by atoms with Gasteiger partial charge in [-0.05, 0) is 23.6 Å². The van der Waals surface area contributed by atoms with E-state index in [0.717, 1.165) is 18.0 Å². The molecular weight excluding hydrogens is 346 g/mol. The van der Waals surface area contributed by atoms with Crippen LogP contribution in [-0.2, 0) is 23.0 Å². The maximum atomic E-state index is 13.0. The van der Waals surface area contributed by atoms with Gasteiger partial charge in [0.05, 0.1) is 5.75 Å². The predicted molar refractivity (Wildman–Crippen MR) is 109 cm³/mol. The molecule has 0 bridgehead atoms. The molecule has 5 heteroatoms. The lowest BCUT2D eigenvalue weighted by Crippen LogP contribution is -2.36. The summed E-state index contributed by atoms with van der Waals surface area (Å²) in [4.78, 5) is 0. The summed E-state index contributed by atoms with van der Waals surface area (Å²) in [5.41, 5.74) is 2.20. The molecule has 0 N–H and O–H groups in total. The van der Waals surface area contributed by atoms with Crippen LogP contribution < -0.4 is 0 Å². The third-order valence-electron chi connectivity index (χ3n) is 4.20. The SMILES string of the molecule is C[Si](C)(C)CCS(=O)(=O)N(CCc1ccccc1)Cc1ccccc1. The van der Waals surface area contributed by atoms with Gasteiger partial charge in [-0.15, -0.1) is 0 Å². The highest BCUT2D eigenvalue weighted by molar-refractivity contribution is 7.89. The van der Waals surface area contributed by atoms with Crippen LogP contribution in [0.2, 0.25) is 25.7 Å². The van der Waals surface area contributed by atoms with Gasteiger partial charge in [0.25, 0.3) is 0 Å². The van der Waals surface area contributed by atoms with E-state index >= 15 is 0 Å². The maximum Gasteiger partial charge on any atom is 0.214 e. The Labute approximate surface area is 153 Å². The molecule has 0 atom stereocenters. The highest BCUT2D eigenvalue weighted by Gasteiger charge is 2.25. The lowest BCUT2D eigenvalue weighted by Gasteiger charge is -2.24. The number of hydrogen-bond donors (Lipinski definition) is 0. The molecule has 0 fully saturated rings. The van der Waals surface area contributed by atoms with E-state index in [1.54, 1.807) is 4.31 Å². The summed E-state index contributed by atoms with van der Waals surface area (Å²) in [5.74, 6) is 0.254. The Morgan fingerprint density at radius 1 is 0.840 bits per heavy atom. The van der Waals surface area contributed by atoms with Gasteiger partial charge in [0, 0.05) is 21.2 Å². The lowest BCUT2D eigenvalue weighted by molar-refractivity contribution is 0.410. The Morgan fingerprint density at radius 3 is 1.88 bits per heavy atom. The van der Waals surface area contributed by atoms with Gasteiger partial charge >= 0.3 is 0 Å². The first-order valence-corrected chi connectivity index (χ1v) is 14.1. The van der Waals surface area contributed by atoms with E-state index in [1.165, 1.54) is 5.56 Å². The number of nitrogens with zero attached hydrogens (tertiary/aromatic N) is 1. The van der Waals surface area contributed by atoms with E-state index in [-0.39, 0.29) is 5.75 Å². The third kappa shape index (κ3) is 7.14. The highest BCUT2D eigenvalue weighted by Crippen LogP contribution is 2.16. The first kappa shape index (κ1) is 19.9. The van der Waals surface area contributed by atoms with Crippen molar-refractivity contribution in [2.75, 3.05) is 12.3 Å². The highest BCUT2D eigenvalue weighted by atomic mass is 32.2. The van der Waals surface area contributed by atoms with Gasteiger partial charge in [-0.1, -0.05) is 80.3 Å². The van der Waals surface area contributed by atoms with Crippen molar-refractivity contribution in [3.63, 3.8) is 0 Å². The number of hydrogen-bond acceptors (Lipinski definition) is 2. The van der Waals surface area contributed by atoms with Gasteiger partial charge < -0.3 is 0 Å². The van der Waals surface area contributed by atoms with Gasteiger partial charge in [-0.2, -0.15) is 4.31 Å². The Hall–Kier alpha value is -1.43. The molecule has 0 aliphatic carbocycles. The number of sulfonamides is 1. The summed E-state index contributed by atoms with van der Waals surface area (Å²) < 4.78 is 27.6. The molecule has 0 heterocycles. The molecule has 0 saturated carbocycles. The topological polar surface area (TPSA) is 37.4 Å². The Bertz CT molecular complexity index is 740. The molecular formula is C20H29NO2SSi.